The minimum absolute atomic E-state index is 0.0524. The fourth-order valence-corrected chi connectivity index (χ4v) is 3.49. The molecule has 0 aliphatic rings. The summed E-state index contributed by atoms with van der Waals surface area (Å²) in [6, 6.07) is 7.63. The predicted octanol–water partition coefficient (Wildman–Crippen LogP) is 4.63. The Kier molecular flexibility index (Phi) is 4.76. The Morgan fingerprint density at radius 1 is 1.10 bits per heavy atom. The zero-order chi connectivity index (χ0) is 15.7. The normalized spacial score (nSPS) is 15.0. The van der Waals surface area contributed by atoms with Crippen molar-refractivity contribution < 1.29 is 5.11 Å². The van der Waals surface area contributed by atoms with Crippen molar-refractivity contribution in [3.8, 4) is 0 Å². The van der Waals surface area contributed by atoms with Gasteiger partial charge in [0.25, 0.3) is 0 Å². The number of aromatic nitrogens is 1. The monoisotopic (exact) mass is 323 g/mol. The third-order valence-electron chi connectivity index (χ3n) is 3.35. The fraction of sp³-hybridized carbons (Fsp3) is 0.471. The van der Waals surface area contributed by atoms with E-state index in [0.717, 1.165) is 16.3 Å². The van der Waals surface area contributed by atoms with Gasteiger partial charge in [0, 0.05) is 28.7 Å². The first kappa shape index (κ1) is 16.5. The Morgan fingerprint density at radius 3 is 2.24 bits per heavy atom. The fourth-order valence-electron chi connectivity index (χ4n) is 2.17. The number of aliphatic hydroxyl groups is 1. The van der Waals surface area contributed by atoms with E-state index in [9.17, 15) is 5.11 Å². The lowest BCUT2D eigenvalue weighted by Crippen LogP contribution is -2.30. The summed E-state index contributed by atoms with van der Waals surface area (Å²) in [6.07, 6.45) is 1.16. The lowest BCUT2D eigenvalue weighted by molar-refractivity contribution is 0.0607. The van der Waals surface area contributed by atoms with Gasteiger partial charge >= 0.3 is 0 Å². The Hall–Kier alpha value is -0.900. The van der Waals surface area contributed by atoms with E-state index in [2.05, 4.69) is 31.1 Å². The van der Waals surface area contributed by atoms with Crippen molar-refractivity contribution in [1.82, 2.24) is 4.98 Å². The van der Waals surface area contributed by atoms with E-state index in [4.69, 9.17) is 11.6 Å². The Labute approximate surface area is 135 Å². The number of halogens is 1. The molecule has 0 aliphatic heterocycles. The molecular weight excluding hydrogens is 302 g/mol. The van der Waals surface area contributed by atoms with Crippen LogP contribution in [0.3, 0.4) is 0 Å². The van der Waals surface area contributed by atoms with Crippen LogP contribution in [0.5, 0.6) is 0 Å². The summed E-state index contributed by atoms with van der Waals surface area (Å²) in [5, 5.41) is 14.4. The largest absolute Gasteiger partial charge is 0.389 e. The molecule has 1 unspecified atom stereocenters. The number of hydrogen-bond acceptors (Lipinski definition) is 3. The summed E-state index contributed by atoms with van der Waals surface area (Å²) >= 11 is 7.51. The first-order valence-corrected chi connectivity index (χ1v) is 8.33. The van der Waals surface area contributed by atoms with E-state index in [-0.39, 0.29) is 5.41 Å². The van der Waals surface area contributed by atoms with Gasteiger partial charge in [0.15, 0.2) is 0 Å². The van der Waals surface area contributed by atoms with Crippen LogP contribution in [0, 0.1) is 0 Å². The number of benzene rings is 1. The van der Waals surface area contributed by atoms with Crippen molar-refractivity contribution in [3.05, 3.63) is 50.9 Å². The van der Waals surface area contributed by atoms with Crippen molar-refractivity contribution >= 4 is 22.9 Å². The molecule has 114 valence electrons. The third kappa shape index (κ3) is 4.80. The standard InChI is InChI=1S/C17H22ClNOS/c1-16(2,3)14-11-21-15(19-14)10-17(4,20)9-12-5-7-13(18)8-6-12/h5-8,11,20H,9-10H2,1-4H3. The highest BCUT2D eigenvalue weighted by molar-refractivity contribution is 7.09. The smallest absolute Gasteiger partial charge is 0.0957 e. The van der Waals surface area contributed by atoms with Crippen molar-refractivity contribution in [1.29, 1.82) is 0 Å². The molecule has 1 aromatic heterocycles. The van der Waals surface area contributed by atoms with Crippen LogP contribution in [0.4, 0.5) is 0 Å². The van der Waals surface area contributed by atoms with Crippen LogP contribution in [0.15, 0.2) is 29.6 Å². The van der Waals surface area contributed by atoms with Gasteiger partial charge in [0.05, 0.1) is 16.3 Å². The van der Waals surface area contributed by atoms with Gasteiger partial charge in [-0.1, -0.05) is 44.5 Å². The van der Waals surface area contributed by atoms with Crippen molar-refractivity contribution in [2.45, 2.75) is 51.6 Å². The van der Waals surface area contributed by atoms with Gasteiger partial charge in [-0.15, -0.1) is 11.3 Å². The molecule has 2 nitrogen and oxygen atoms in total. The molecule has 0 amide bonds. The molecule has 2 rings (SSSR count). The van der Waals surface area contributed by atoms with Crippen molar-refractivity contribution in [2.24, 2.45) is 0 Å². The van der Waals surface area contributed by atoms with E-state index < -0.39 is 5.60 Å². The molecule has 1 aromatic carbocycles. The second-order valence-corrected chi connectivity index (χ2v) is 8.23. The quantitative estimate of drug-likeness (QED) is 0.889. The Morgan fingerprint density at radius 2 is 1.71 bits per heavy atom. The number of hydrogen-bond donors (Lipinski definition) is 1. The molecule has 4 heteroatoms. The van der Waals surface area contributed by atoms with Crippen LogP contribution in [0.25, 0.3) is 0 Å². The molecule has 0 radical (unpaired) electrons. The molecule has 1 heterocycles. The topological polar surface area (TPSA) is 33.1 Å². The van der Waals surface area contributed by atoms with Gasteiger partial charge in [-0.3, -0.25) is 0 Å². The second kappa shape index (κ2) is 6.07. The maximum absolute atomic E-state index is 10.6. The zero-order valence-electron chi connectivity index (χ0n) is 13.0. The van der Waals surface area contributed by atoms with E-state index in [1.54, 1.807) is 11.3 Å². The highest BCUT2D eigenvalue weighted by atomic mass is 35.5. The first-order valence-electron chi connectivity index (χ1n) is 7.07. The lowest BCUT2D eigenvalue weighted by atomic mass is 9.92. The minimum Gasteiger partial charge on any atom is -0.389 e. The van der Waals surface area contributed by atoms with Gasteiger partial charge in [-0.05, 0) is 24.6 Å². The second-order valence-electron chi connectivity index (χ2n) is 6.85. The molecular formula is C17H22ClNOS. The molecule has 1 N–H and O–H groups in total. The molecule has 0 spiro atoms. The molecule has 0 bridgehead atoms. The first-order chi connectivity index (χ1) is 9.66. The molecule has 0 aliphatic carbocycles. The van der Waals surface area contributed by atoms with Gasteiger partial charge in [0.2, 0.25) is 0 Å². The SMILES string of the molecule is CC(O)(Cc1ccc(Cl)cc1)Cc1nc(C(C)(C)C)cs1. The molecule has 0 saturated heterocycles. The van der Waals surface area contributed by atoms with E-state index in [1.165, 1.54) is 0 Å². The summed E-state index contributed by atoms with van der Waals surface area (Å²) in [6.45, 7) is 8.31. The third-order valence-corrected chi connectivity index (χ3v) is 4.45. The highest BCUT2D eigenvalue weighted by Crippen LogP contribution is 2.27. The van der Waals surface area contributed by atoms with Gasteiger partial charge in [0.1, 0.15) is 0 Å². The maximum Gasteiger partial charge on any atom is 0.0957 e. The predicted molar refractivity (Wildman–Crippen MR) is 90.3 cm³/mol. The van der Waals surface area contributed by atoms with Crippen molar-refractivity contribution in [3.63, 3.8) is 0 Å². The van der Waals surface area contributed by atoms with Crippen molar-refractivity contribution in [2.75, 3.05) is 0 Å². The van der Waals surface area contributed by atoms with Gasteiger partial charge < -0.3 is 5.11 Å². The minimum atomic E-state index is -0.805. The Balaban J connectivity index is 2.06. The zero-order valence-corrected chi connectivity index (χ0v) is 14.6. The summed E-state index contributed by atoms with van der Waals surface area (Å²) in [7, 11) is 0. The number of thiazole rings is 1. The van der Waals surface area contributed by atoms with Crippen LogP contribution in [-0.2, 0) is 18.3 Å². The van der Waals surface area contributed by atoms with E-state index in [1.807, 2.05) is 31.2 Å². The Bertz CT molecular complexity index is 596. The van der Waals surface area contributed by atoms with E-state index >= 15 is 0 Å². The summed E-state index contributed by atoms with van der Waals surface area (Å²) in [4.78, 5) is 4.66. The number of rotatable bonds is 4. The molecule has 0 saturated carbocycles. The van der Waals surface area contributed by atoms with Gasteiger partial charge in [-0.25, -0.2) is 4.98 Å². The molecule has 21 heavy (non-hydrogen) atoms. The average molecular weight is 324 g/mol. The molecule has 1 atom stereocenters. The summed E-state index contributed by atoms with van der Waals surface area (Å²) < 4.78 is 0. The van der Waals surface area contributed by atoms with Crippen LogP contribution in [0.2, 0.25) is 5.02 Å². The van der Waals surface area contributed by atoms with Crippen LogP contribution in [0.1, 0.15) is 44.0 Å². The summed E-state index contributed by atoms with van der Waals surface area (Å²) in [5.41, 5.74) is 1.42. The maximum atomic E-state index is 10.6. The summed E-state index contributed by atoms with van der Waals surface area (Å²) in [5.74, 6) is 0. The van der Waals surface area contributed by atoms with Crippen LogP contribution in [-0.4, -0.2) is 15.7 Å². The molecule has 2 aromatic rings. The van der Waals surface area contributed by atoms with Gasteiger partial charge in [-0.2, -0.15) is 0 Å². The van der Waals surface area contributed by atoms with Crippen LogP contribution < -0.4 is 0 Å². The highest BCUT2D eigenvalue weighted by Gasteiger charge is 2.25. The molecule has 0 fully saturated rings. The average Bonchev–Trinajstić information content (AvgIpc) is 2.79. The number of nitrogens with zero attached hydrogens (tertiary/aromatic N) is 1. The van der Waals surface area contributed by atoms with Crippen LogP contribution >= 0.6 is 22.9 Å². The lowest BCUT2D eigenvalue weighted by Gasteiger charge is -2.22. The van der Waals surface area contributed by atoms with E-state index in [0.29, 0.717) is 17.9 Å².